The Labute approximate surface area is 114 Å². The van der Waals surface area contributed by atoms with E-state index in [1.165, 1.54) is 18.2 Å². The van der Waals surface area contributed by atoms with Crippen LogP contribution >= 0.6 is 22.6 Å². The van der Waals surface area contributed by atoms with Gasteiger partial charge in [-0.25, -0.2) is 4.79 Å². The van der Waals surface area contributed by atoms with E-state index >= 15 is 0 Å². The van der Waals surface area contributed by atoms with Gasteiger partial charge in [-0.15, -0.1) is 0 Å². The molecule has 0 aromatic heterocycles. The maximum absolute atomic E-state index is 12.1. The second-order valence-corrected chi connectivity index (χ2v) is 4.38. The van der Waals surface area contributed by atoms with Crippen molar-refractivity contribution in [2.24, 2.45) is 0 Å². The number of esters is 1. The smallest absolute Gasteiger partial charge is 0.465 e. The van der Waals surface area contributed by atoms with E-state index in [1.807, 2.05) is 22.6 Å². The SMILES string of the molecule is COC(=O)c1cc(I)ccc1NC(=O)C(F)(F)F. The van der Waals surface area contributed by atoms with Gasteiger partial charge in [0.1, 0.15) is 0 Å². The van der Waals surface area contributed by atoms with Crippen LogP contribution in [-0.4, -0.2) is 25.2 Å². The molecule has 0 bridgehead atoms. The number of alkyl halides is 3. The highest BCUT2D eigenvalue weighted by molar-refractivity contribution is 14.1. The zero-order valence-electron chi connectivity index (χ0n) is 8.97. The first-order valence-electron chi connectivity index (χ1n) is 4.51. The summed E-state index contributed by atoms with van der Waals surface area (Å²) in [5.74, 6) is -2.97. The number of methoxy groups -OCH3 is 1. The molecular formula is C10H7F3INO3. The Hall–Kier alpha value is -1.32. The van der Waals surface area contributed by atoms with Crippen molar-refractivity contribution in [1.82, 2.24) is 0 Å². The lowest BCUT2D eigenvalue weighted by Gasteiger charge is -2.11. The molecule has 0 heterocycles. The average Bonchev–Trinajstić information content (AvgIpc) is 2.29. The molecule has 0 saturated carbocycles. The van der Waals surface area contributed by atoms with E-state index in [-0.39, 0.29) is 11.3 Å². The number of hydrogen-bond donors (Lipinski definition) is 1. The van der Waals surface area contributed by atoms with Crippen molar-refractivity contribution in [2.75, 3.05) is 12.4 Å². The van der Waals surface area contributed by atoms with Gasteiger partial charge in [0.25, 0.3) is 0 Å². The molecule has 0 spiro atoms. The van der Waals surface area contributed by atoms with Gasteiger partial charge in [-0.1, -0.05) is 0 Å². The molecule has 1 rings (SSSR count). The van der Waals surface area contributed by atoms with E-state index in [2.05, 4.69) is 4.74 Å². The largest absolute Gasteiger partial charge is 0.471 e. The fraction of sp³-hybridized carbons (Fsp3) is 0.200. The normalized spacial score (nSPS) is 10.9. The van der Waals surface area contributed by atoms with Crippen LogP contribution in [0.2, 0.25) is 0 Å². The molecule has 1 amide bonds. The first-order valence-corrected chi connectivity index (χ1v) is 5.59. The van der Waals surface area contributed by atoms with Crippen molar-refractivity contribution in [1.29, 1.82) is 0 Å². The van der Waals surface area contributed by atoms with Crippen LogP contribution in [0.15, 0.2) is 18.2 Å². The molecule has 1 aromatic carbocycles. The Balaban J connectivity index is 3.09. The summed E-state index contributed by atoms with van der Waals surface area (Å²) in [7, 11) is 1.09. The van der Waals surface area contributed by atoms with E-state index in [0.717, 1.165) is 7.11 Å². The number of amides is 1. The van der Waals surface area contributed by atoms with Crippen LogP contribution in [0.25, 0.3) is 0 Å². The van der Waals surface area contributed by atoms with Gasteiger partial charge in [-0.2, -0.15) is 13.2 Å². The molecule has 0 saturated heterocycles. The second-order valence-electron chi connectivity index (χ2n) is 3.13. The minimum absolute atomic E-state index is 0.137. The molecule has 0 aliphatic carbocycles. The summed E-state index contributed by atoms with van der Waals surface area (Å²) in [5.41, 5.74) is -0.383. The van der Waals surface area contributed by atoms with E-state index in [4.69, 9.17) is 0 Å². The van der Waals surface area contributed by atoms with E-state index in [0.29, 0.717) is 3.57 Å². The third-order valence-corrected chi connectivity index (χ3v) is 2.56. The first kappa shape index (κ1) is 14.7. The minimum Gasteiger partial charge on any atom is -0.465 e. The van der Waals surface area contributed by atoms with Crippen LogP contribution in [0.5, 0.6) is 0 Å². The quantitative estimate of drug-likeness (QED) is 0.641. The van der Waals surface area contributed by atoms with Gasteiger partial charge in [0, 0.05) is 3.57 Å². The van der Waals surface area contributed by atoms with E-state index in [9.17, 15) is 22.8 Å². The maximum atomic E-state index is 12.1. The van der Waals surface area contributed by atoms with Gasteiger partial charge < -0.3 is 10.1 Å². The lowest BCUT2D eigenvalue weighted by atomic mass is 10.2. The molecule has 0 aliphatic heterocycles. The fourth-order valence-corrected chi connectivity index (χ4v) is 1.59. The van der Waals surface area contributed by atoms with Crippen LogP contribution < -0.4 is 5.32 Å². The Morgan fingerprint density at radius 1 is 1.33 bits per heavy atom. The molecule has 0 fully saturated rings. The lowest BCUT2D eigenvalue weighted by Crippen LogP contribution is -2.30. The molecule has 0 radical (unpaired) electrons. The molecule has 8 heteroatoms. The molecule has 0 unspecified atom stereocenters. The third-order valence-electron chi connectivity index (χ3n) is 1.89. The zero-order valence-corrected chi connectivity index (χ0v) is 11.1. The summed E-state index contributed by atoms with van der Waals surface area (Å²) in [6, 6.07) is 3.98. The number of carbonyl (C=O) groups is 2. The van der Waals surface area contributed by atoms with Crippen molar-refractivity contribution in [3.8, 4) is 0 Å². The average molecular weight is 373 g/mol. The molecular weight excluding hydrogens is 366 g/mol. The Kier molecular flexibility index (Phi) is 4.54. The molecule has 98 valence electrons. The Morgan fingerprint density at radius 2 is 1.94 bits per heavy atom. The van der Waals surface area contributed by atoms with Gasteiger partial charge in [0.2, 0.25) is 0 Å². The third kappa shape index (κ3) is 3.59. The van der Waals surface area contributed by atoms with Crippen LogP contribution in [-0.2, 0) is 9.53 Å². The van der Waals surface area contributed by atoms with Gasteiger partial charge in [-0.05, 0) is 40.8 Å². The van der Waals surface area contributed by atoms with E-state index < -0.39 is 18.1 Å². The second kappa shape index (κ2) is 5.55. The molecule has 18 heavy (non-hydrogen) atoms. The summed E-state index contributed by atoms with van der Waals surface area (Å²) in [6.45, 7) is 0. The van der Waals surface area contributed by atoms with Crippen LogP contribution in [0, 0.1) is 3.57 Å². The highest BCUT2D eigenvalue weighted by Crippen LogP contribution is 2.23. The summed E-state index contributed by atoms with van der Waals surface area (Å²) in [5, 5.41) is 1.62. The minimum atomic E-state index is -5.02. The number of halogens is 4. The van der Waals surface area contributed by atoms with Crippen molar-refractivity contribution < 1.29 is 27.5 Å². The van der Waals surface area contributed by atoms with Crippen molar-refractivity contribution in [3.63, 3.8) is 0 Å². The number of nitrogens with one attached hydrogen (secondary N) is 1. The predicted octanol–water partition coefficient (Wildman–Crippen LogP) is 2.58. The lowest BCUT2D eigenvalue weighted by molar-refractivity contribution is -0.167. The summed E-state index contributed by atoms with van der Waals surface area (Å²) in [6.07, 6.45) is -5.02. The standard InChI is InChI=1S/C10H7F3INO3/c1-18-8(16)6-4-5(14)2-3-7(6)15-9(17)10(11,12)13/h2-4H,1H3,(H,15,17). The molecule has 1 N–H and O–H groups in total. The van der Waals surface area contributed by atoms with Crippen molar-refractivity contribution in [3.05, 3.63) is 27.3 Å². The fourth-order valence-electron chi connectivity index (χ4n) is 1.10. The van der Waals surface area contributed by atoms with Crippen molar-refractivity contribution >= 4 is 40.2 Å². The Morgan fingerprint density at radius 3 is 2.44 bits per heavy atom. The number of rotatable bonds is 2. The van der Waals surface area contributed by atoms with Crippen LogP contribution in [0.1, 0.15) is 10.4 Å². The molecule has 0 aliphatic rings. The molecule has 4 nitrogen and oxygen atoms in total. The number of ether oxygens (including phenoxy) is 1. The number of anilines is 1. The number of carbonyl (C=O) groups excluding carboxylic acids is 2. The van der Waals surface area contributed by atoms with Gasteiger partial charge in [-0.3, -0.25) is 4.79 Å². The maximum Gasteiger partial charge on any atom is 0.471 e. The molecule has 1 aromatic rings. The highest BCUT2D eigenvalue weighted by Gasteiger charge is 2.39. The van der Waals surface area contributed by atoms with Gasteiger partial charge in [0.05, 0.1) is 18.4 Å². The van der Waals surface area contributed by atoms with Crippen molar-refractivity contribution in [2.45, 2.75) is 6.18 Å². The highest BCUT2D eigenvalue weighted by atomic mass is 127. The predicted molar refractivity (Wildman–Crippen MR) is 65.2 cm³/mol. The van der Waals surface area contributed by atoms with Crippen LogP contribution in [0.4, 0.5) is 18.9 Å². The molecule has 0 atom stereocenters. The van der Waals surface area contributed by atoms with E-state index in [1.54, 1.807) is 5.32 Å². The number of benzene rings is 1. The summed E-state index contributed by atoms with van der Waals surface area (Å²) >= 11 is 1.88. The summed E-state index contributed by atoms with van der Waals surface area (Å²) < 4.78 is 41.3. The van der Waals surface area contributed by atoms with Gasteiger partial charge >= 0.3 is 18.1 Å². The topological polar surface area (TPSA) is 55.4 Å². The Bertz CT molecular complexity index is 488. The zero-order chi connectivity index (χ0) is 13.9. The number of hydrogen-bond acceptors (Lipinski definition) is 3. The summed E-state index contributed by atoms with van der Waals surface area (Å²) in [4.78, 5) is 22.2. The van der Waals surface area contributed by atoms with Crippen LogP contribution in [0.3, 0.4) is 0 Å². The monoisotopic (exact) mass is 373 g/mol. The van der Waals surface area contributed by atoms with Gasteiger partial charge in [0.15, 0.2) is 0 Å². The first-order chi connectivity index (χ1) is 8.25.